The van der Waals surface area contributed by atoms with Crippen LogP contribution >= 0.6 is 15.9 Å². The summed E-state index contributed by atoms with van der Waals surface area (Å²) >= 11 is 3.38. The Morgan fingerprint density at radius 1 is 1.30 bits per heavy atom. The van der Waals surface area contributed by atoms with Crippen LogP contribution in [0.3, 0.4) is 0 Å². The van der Waals surface area contributed by atoms with Gasteiger partial charge in [0.1, 0.15) is 6.54 Å². The van der Waals surface area contributed by atoms with Gasteiger partial charge in [-0.2, -0.15) is 0 Å². The smallest absolute Gasteiger partial charge is 0.358 e. The number of carbonyl (C=O) groups excluding carboxylic acids is 1. The number of rotatable bonds is 6. The lowest BCUT2D eigenvalue weighted by Gasteiger charge is -2.27. The minimum atomic E-state index is -1.17. The van der Waals surface area contributed by atoms with Gasteiger partial charge in [0, 0.05) is 17.1 Å². The first kappa shape index (κ1) is 17.1. The molecule has 7 nitrogen and oxygen atoms in total. The van der Waals surface area contributed by atoms with Gasteiger partial charge in [0.25, 0.3) is 0 Å². The van der Waals surface area contributed by atoms with Gasteiger partial charge in [-0.1, -0.05) is 33.3 Å². The van der Waals surface area contributed by atoms with Crippen molar-refractivity contribution < 1.29 is 14.7 Å². The van der Waals surface area contributed by atoms with Gasteiger partial charge in [0.15, 0.2) is 5.69 Å². The highest BCUT2D eigenvalue weighted by molar-refractivity contribution is 9.10. The fourth-order valence-electron chi connectivity index (χ4n) is 2.05. The molecule has 23 heavy (non-hydrogen) atoms. The molecule has 0 saturated carbocycles. The number of aromatic carboxylic acids is 1. The molecule has 0 aliphatic rings. The van der Waals surface area contributed by atoms with Crippen molar-refractivity contribution >= 4 is 27.8 Å². The summed E-state index contributed by atoms with van der Waals surface area (Å²) in [5, 5.41) is 16.0. The van der Waals surface area contributed by atoms with E-state index in [2.05, 4.69) is 26.2 Å². The molecule has 1 N–H and O–H groups in total. The fourth-order valence-corrected chi connectivity index (χ4v) is 2.31. The Morgan fingerprint density at radius 3 is 2.48 bits per heavy atom. The standard InChI is InChI=1S/C15H17BrN4O3/c1-10(2)20(7-11-3-5-12(16)6-4-11)14(21)9-19-8-13(15(22)23)17-18-19/h3-6,8,10H,7,9H2,1-2H3,(H,22,23). The Morgan fingerprint density at radius 2 is 1.96 bits per heavy atom. The zero-order valence-electron chi connectivity index (χ0n) is 12.8. The van der Waals surface area contributed by atoms with E-state index in [0.717, 1.165) is 10.0 Å². The van der Waals surface area contributed by atoms with E-state index < -0.39 is 5.97 Å². The molecule has 0 aliphatic heterocycles. The highest BCUT2D eigenvalue weighted by atomic mass is 79.9. The van der Waals surface area contributed by atoms with Crippen LogP contribution in [0.1, 0.15) is 29.9 Å². The predicted octanol–water partition coefficient (Wildman–Crippen LogP) is 2.18. The lowest BCUT2D eigenvalue weighted by molar-refractivity contribution is -0.134. The molecule has 2 aromatic rings. The van der Waals surface area contributed by atoms with Crippen molar-refractivity contribution in [3.63, 3.8) is 0 Å². The number of carboxylic acids is 1. The van der Waals surface area contributed by atoms with E-state index in [4.69, 9.17) is 5.11 Å². The van der Waals surface area contributed by atoms with Gasteiger partial charge < -0.3 is 10.0 Å². The van der Waals surface area contributed by atoms with Crippen LogP contribution in [0.2, 0.25) is 0 Å². The predicted molar refractivity (Wildman–Crippen MR) is 86.8 cm³/mol. The van der Waals surface area contributed by atoms with Crippen LogP contribution in [0, 0.1) is 0 Å². The number of carboxylic acid groups (broad SMARTS) is 1. The maximum absolute atomic E-state index is 12.5. The second-order valence-electron chi connectivity index (χ2n) is 5.35. The maximum Gasteiger partial charge on any atom is 0.358 e. The van der Waals surface area contributed by atoms with Gasteiger partial charge in [0.05, 0.1) is 6.20 Å². The van der Waals surface area contributed by atoms with E-state index in [1.807, 2.05) is 38.1 Å². The molecular weight excluding hydrogens is 364 g/mol. The third-order valence-corrected chi connectivity index (χ3v) is 3.79. The van der Waals surface area contributed by atoms with E-state index >= 15 is 0 Å². The van der Waals surface area contributed by atoms with Crippen LogP contribution in [-0.4, -0.2) is 42.9 Å². The first-order valence-corrected chi connectivity index (χ1v) is 7.83. The van der Waals surface area contributed by atoms with Crippen LogP contribution in [-0.2, 0) is 17.9 Å². The summed E-state index contributed by atoms with van der Waals surface area (Å²) in [5.41, 5.74) is 0.835. The maximum atomic E-state index is 12.5. The average Bonchev–Trinajstić information content (AvgIpc) is 2.94. The summed E-state index contributed by atoms with van der Waals surface area (Å²) in [6.45, 7) is 4.29. The van der Waals surface area contributed by atoms with Crippen molar-refractivity contribution in [2.75, 3.05) is 0 Å². The molecule has 0 bridgehead atoms. The fraction of sp³-hybridized carbons (Fsp3) is 0.333. The van der Waals surface area contributed by atoms with Crippen molar-refractivity contribution in [3.8, 4) is 0 Å². The first-order chi connectivity index (χ1) is 10.9. The Bertz CT molecular complexity index is 697. The summed E-state index contributed by atoms with van der Waals surface area (Å²) < 4.78 is 2.22. The molecule has 1 aromatic heterocycles. The van der Waals surface area contributed by atoms with Crippen LogP contribution in [0.4, 0.5) is 0 Å². The molecular formula is C15H17BrN4O3. The molecule has 1 amide bonds. The largest absolute Gasteiger partial charge is 0.476 e. The van der Waals surface area contributed by atoms with Gasteiger partial charge in [-0.15, -0.1) is 5.10 Å². The van der Waals surface area contributed by atoms with E-state index in [9.17, 15) is 9.59 Å². The van der Waals surface area contributed by atoms with Crippen LogP contribution < -0.4 is 0 Å². The van der Waals surface area contributed by atoms with Gasteiger partial charge in [-0.05, 0) is 31.5 Å². The minimum Gasteiger partial charge on any atom is -0.476 e. The van der Waals surface area contributed by atoms with Gasteiger partial charge in [0.2, 0.25) is 5.91 Å². The zero-order valence-corrected chi connectivity index (χ0v) is 14.4. The SMILES string of the molecule is CC(C)N(Cc1ccc(Br)cc1)C(=O)Cn1cc(C(=O)O)nn1. The molecule has 1 aromatic carbocycles. The summed E-state index contributed by atoms with van der Waals surface area (Å²) in [4.78, 5) is 25.0. The monoisotopic (exact) mass is 380 g/mol. The average molecular weight is 381 g/mol. The van der Waals surface area contributed by atoms with Crippen molar-refractivity contribution in [3.05, 3.63) is 46.2 Å². The number of aromatic nitrogens is 3. The number of benzene rings is 1. The van der Waals surface area contributed by atoms with E-state index in [0.29, 0.717) is 6.54 Å². The number of carbonyl (C=O) groups is 2. The van der Waals surface area contributed by atoms with Crippen molar-refractivity contribution in [2.24, 2.45) is 0 Å². The molecule has 2 rings (SSSR count). The molecule has 0 spiro atoms. The molecule has 1 heterocycles. The highest BCUT2D eigenvalue weighted by Crippen LogP contribution is 2.14. The van der Waals surface area contributed by atoms with Crippen molar-refractivity contribution in [2.45, 2.75) is 33.0 Å². The minimum absolute atomic E-state index is 0.00797. The van der Waals surface area contributed by atoms with E-state index in [1.54, 1.807) is 4.90 Å². The van der Waals surface area contributed by atoms with Crippen molar-refractivity contribution in [1.29, 1.82) is 0 Å². The van der Waals surface area contributed by atoms with Gasteiger partial charge >= 0.3 is 5.97 Å². The summed E-state index contributed by atoms with van der Waals surface area (Å²) in [5.74, 6) is -1.32. The lowest BCUT2D eigenvalue weighted by Crippen LogP contribution is -2.38. The number of amides is 1. The summed E-state index contributed by atoms with van der Waals surface area (Å²) in [7, 11) is 0. The van der Waals surface area contributed by atoms with Gasteiger partial charge in [-0.25, -0.2) is 9.48 Å². The van der Waals surface area contributed by atoms with Gasteiger partial charge in [-0.3, -0.25) is 4.79 Å². The van der Waals surface area contributed by atoms with Crippen LogP contribution in [0.25, 0.3) is 0 Å². The van der Waals surface area contributed by atoms with E-state index in [1.165, 1.54) is 10.9 Å². The lowest BCUT2D eigenvalue weighted by atomic mass is 10.2. The second-order valence-corrected chi connectivity index (χ2v) is 6.26. The van der Waals surface area contributed by atoms with Crippen LogP contribution in [0.5, 0.6) is 0 Å². The first-order valence-electron chi connectivity index (χ1n) is 7.04. The molecule has 0 atom stereocenters. The summed E-state index contributed by atoms with van der Waals surface area (Å²) in [6.07, 6.45) is 1.25. The molecule has 0 unspecified atom stereocenters. The normalized spacial score (nSPS) is 10.8. The Labute approximate surface area is 142 Å². The molecule has 8 heteroatoms. The second kappa shape index (κ2) is 7.36. The molecule has 122 valence electrons. The summed E-state index contributed by atoms with van der Waals surface area (Å²) in [6, 6.07) is 7.76. The Hall–Kier alpha value is -2.22. The Balaban J connectivity index is 2.08. The third-order valence-electron chi connectivity index (χ3n) is 3.26. The highest BCUT2D eigenvalue weighted by Gasteiger charge is 2.19. The number of nitrogens with zero attached hydrogens (tertiary/aromatic N) is 4. The topological polar surface area (TPSA) is 88.3 Å². The molecule has 0 saturated heterocycles. The number of hydrogen-bond donors (Lipinski definition) is 1. The molecule has 0 aliphatic carbocycles. The molecule has 0 radical (unpaired) electrons. The molecule has 0 fully saturated rings. The number of hydrogen-bond acceptors (Lipinski definition) is 4. The third kappa shape index (κ3) is 4.62. The van der Waals surface area contributed by atoms with Crippen molar-refractivity contribution in [1.82, 2.24) is 19.9 Å². The van der Waals surface area contributed by atoms with Crippen LogP contribution in [0.15, 0.2) is 34.9 Å². The zero-order chi connectivity index (χ0) is 17.0. The quantitative estimate of drug-likeness (QED) is 0.829. The van der Waals surface area contributed by atoms with E-state index in [-0.39, 0.29) is 24.2 Å². The number of halogens is 1. The Kier molecular flexibility index (Phi) is 5.49.